The van der Waals surface area contributed by atoms with Crippen LogP contribution in [0, 0.1) is 6.92 Å². The zero-order valence-corrected chi connectivity index (χ0v) is 19.0. The number of rotatable bonds is 4. The number of nitrogens with zero attached hydrogens (tertiary/aromatic N) is 3. The summed E-state index contributed by atoms with van der Waals surface area (Å²) in [5.74, 6) is 0.985. The fraction of sp³-hybridized carbons (Fsp3) is 0.115. The van der Waals surface area contributed by atoms with Crippen LogP contribution < -0.4 is 10.6 Å². The van der Waals surface area contributed by atoms with Crippen molar-refractivity contribution in [2.24, 2.45) is 0 Å². The van der Waals surface area contributed by atoms with Gasteiger partial charge in [0.25, 0.3) is 5.91 Å². The van der Waals surface area contributed by atoms with E-state index >= 15 is 0 Å². The van der Waals surface area contributed by atoms with Gasteiger partial charge in [0.05, 0.1) is 5.57 Å². The summed E-state index contributed by atoms with van der Waals surface area (Å²) in [6.45, 7) is 3.91. The average Bonchev–Trinajstić information content (AvgIpc) is 3.23. The molecule has 33 heavy (non-hydrogen) atoms. The second-order valence-corrected chi connectivity index (χ2v) is 8.39. The van der Waals surface area contributed by atoms with Crippen LogP contribution in [0.2, 0.25) is 5.02 Å². The summed E-state index contributed by atoms with van der Waals surface area (Å²) in [4.78, 5) is 18.2. The second-order valence-electron chi connectivity index (χ2n) is 7.96. The molecule has 1 aromatic heterocycles. The molecule has 1 unspecified atom stereocenters. The van der Waals surface area contributed by atoms with Crippen molar-refractivity contribution in [3.05, 3.63) is 106 Å². The Hall–Kier alpha value is -3.90. The van der Waals surface area contributed by atoms with Gasteiger partial charge in [0.15, 0.2) is 5.82 Å². The van der Waals surface area contributed by atoms with E-state index in [9.17, 15) is 4.79 Å². The van der Waals surface area contributed by atoms with E-state index in [4.69, 9.17) is 21.7 Å². The van der Waals surface area contributed by atoms with Crippen LogP contribution in [0.5, 0.6) is 0 Å². The average molecular weight is 456 g/mol. The maximum Gasteiger partial charge on any atom is 0.255 e. The van der Waals surface area contributed by atoms with Gasteiger partial charge in [0, 0.05) is 22.0 Å². The van der Waals surface area contributed by atoms with E-state index in [0.717, 1.165) is 28.1 Å². The third-order valence-electron chi connectivity index (χ3n) is 5.70. The zero-order chi connectivity index (χ0) is 22.9. The fourth-order valence-corrected chi connectivity index (χ4v) is 4.18. The van der Waals surface area contributed by atoms with Gasteiger partial charge in [0.1, 0.15) is 6.04 Å². The minimum absolute atomic E-state index is 0.204. The molecular formula is C26H22ClN5O. The van der Waals surface area contributed by atoms with Gasteiger partial charge in [-0.2, -0.15) is 4.98 Å². The van der Waals surface area contributed by atoms with E-state index < -0.39 is 6.04 Å². The van der Waals surface area contributed by atoms with Gasteiger partial charge in [-0.25, -0.2) is 4.68 Å². The van der Waals surface area contributed by atoms with Crippen molar-refractivity contribution < 1.29 is 4.79 Å². The first-order valence-corrected chi connectivity index (χ1v) is 11.0. The van der Waals surface area contributed by atoms with E-state index in [1.807, 2.05) is 92.7 Å². The molecule has 7 heteroatoms. The molecule has 3 aromatic carbocycles. The van der Waals surface area contributed by atoms with E-state index in [0.29, 0.717) is 22.4 Å². The Kier molecular flexibility index (Phi) is 5.44. The molecule has 1 atom stereocenters. The topological polar surface area (TPSA) is 71.8 Å². The van der Waals surface area contributed by atoms with Crippen LogP contribution in [0.1, 0.15) is 24.1 Å². The van der Waals surface area contributed by atoms with Gasteiger partial charge < -0.3 is 10.6 Å². The molecule has 6 nitrogen and oxygen atoms in total. The highest BCUT2D eigenvalue weighted by molar-refractivity contribution is 6.30. The Morgan fingerprint density at radius 3 is 2.39 bits per heavy atom. The van der Waals surface area contributed by atoms with E-state index in [1.165, 1.54) is 0 Å². The van der Waals surface area contributed by atoms with Crippen LogP contribution in [0.3, 0.4) is 0 Å². The molecule has 1 amide bonds. The summed E-state index contributed by atoms with van der Waals surface area (Å²) < 4.78 is 1.78. The Bertz CT molecular complexity index is 1360. The Morgan fingerprint density at radius 1 is 0.970 bits per heavy atom. The number of para-hydroxylation sites is 1. The third-order valence-corrected chi connectivity index (χ3v) is 5.95. The van der Waals surface area contributed by atoms with Gasteiger partial charge in [-0.1, -0.05) is 66.2 Å². The Balaban J connectivity index is 1.62. The summed E-state index contributed by atoms with van der Waals surface area (Å²) in [7, 11) is 0. The Morgan fingerprint density at radius 2 is 1.67 bits per heavy atom. The van der Waals surface area contributed by atoms with Crippen molar-refractivity contribution in [1.29, 1.82) is 0 Å². The van der Waals surface area contributed by atoms with Crippen molar-refractivity contribution in [2.75, 3.05) is 10.6 Å². The van der Waals surface area contributed by atoms with Crippen molar-refractivity contribution in [3.63, 3.8) is 0 Å². The molecule has 0 fully saturated rings. The third kappa shape index (κ3) is 4.01. The quantitative estimate of drug-likeness (QED) is 0.406. The minimum atomic E-state index is -0.465. The van der Waals surface area contributed by atoms with Crippen LogP contribution in [0.15, 0.2) is 90.1 Å². The number of fused-ring (bicyclic) bond motifs is 1. The first kappa shape index (κ1) is 21.0. The Labute approximate surface area is 196 Å². The van der Waals surface area contributed by atoms with Crippen LogP contribution in [0.25, 0.3) is 11.4 Å². The van der Waals surface area contributed by atoms with Gasteiger partial charge in [-0.15, -0.1) is 5.10 Å². The molecule has 0 aliphatic carbocycles. The smallest absolute Gasteiger partial charge is 0.255 e. The monoisotopic (exact) mass is 455 g/mol. The maximum atomic E-state index is 13.5. The van der Waals surface area contributed by atoms with E-state index in [2.05, 4.69) is 10.6 Å². The molecule has 4 aromatic rings. The molecule has 2 heterocycles. The van der Waals surface area contributed by atoms with Gasteiger partial charge in [-0.05, 0) is 49.2 Å². The molecule has 0 spiro atoms. The van der Waals surface area contributed by atoms with Gasteiger partial charge >= 0.3 is 0 Å². The van der Waals surface area contributed by atoms with Gasteiger partial charge in [0.2, 0.25) is 5.95 Å². The number of carbonyl (C=O) groups is 1. The predicted molar refractivity (Wildman–Crippen MR) is 131 cm³/mol. The van der Waals surface area contributed by atoms with Crippen LogP contribution in [0.4, 0.5) is 11.6 Å². The molecule has 0 radical (unpaired) electrons. The molecule has 164 valence electrons. The number of aryl methyl sites for hydroxylation is 1. The number of nitrogens with one attached hydrogen (secondary N) is 2. The van der Waals surface area contributed by atoms with Crippen molar-refractivity contribution >= 4 is 29.1 Å². The highest BCUT2D eigenvalue weighted by Crippen LogP contribution is 2.37. The van der Waals surface area contributed by atoms with Crippen LogP contribution >= 0.6 is 11.6 Å². The lowest BCUT2D eigenvalue weighted by molar-refractivity contribution is -0.113. The summed E-state index contributed by atoms with van der Waals surface area (Å²) in [6, 6.07) is 24.4. The number of benzene rings is 3. The summed E-state index contributed by atoms with van der Waals surface area (Å²) in [5.41, 5.74) is 4.93. The number of amides is 1. The van der Waals surface area contributed by atoms with Gasteiger partial charge in [-0.3, -0.25) is 4.79 Å². The standard InChI is InChI=1S/C26H22ClN5O/c1-16-8-6-7-11-21(16)24-30-26-28-17(2)22(25(33)29-20-9-4-3-5-10-20)23(32(26)31-24)18-12-14-19(27)15-13-18/h3-15,23H,1-2H3,(H,29,33)(H,28,30,31). The normalized spacial score (nSPS) is 15.1. The molecule has 0 saturated heterocycles. The number of anilines is 2. The van der Waals surface area contributed by atoms with Crippen LogP contribution in [-0.4, -0.2) is 20.7 Å². The largest absolute Gasteiger partial charge is 0.328 e. The number of hydrogen-bond acceptors (Lipinski definition) is 4. The maximum absolute atomic E-state index is 13.5. The molecule has 1 aliphatic rings. The highest BCUT2D eigenvalue weighted by Gasteiger charge is 2.34. The number of hydrogen-bond donors (Lipinski definition) is 2. The lowest BCUT2D eigenvalue weighted by atomic mass is 9.95. The summed E-state index contributed by atoms with van der Waals surface area (Å²) in [5, 5.41) is 11.7. The summed E-state index contributed by atoms with van der Waals surface area (Å²) >= 11 is 6.15. The SMILES string of the molecule is CC1=C(C(=O)Nc2ccccc2)C(c2ccc(Cl)cc2)n2nc(-c3ccccc3C)nc2N1. The number of aromatic nitrogens is 3. The van der Waals surface area contributed by atoms with Crippen LogP contribution in [-0.2, 0) is 4.79 Å². The first-order valence-electron chi connectivity index (χ1n) is 10.6. The number of carbonyl (C=O) groups excluding carboxylic acids is 1. The molecule has 5 rings (SSSR count). The lowest BCUT2D eigenvalue weighted by Crippen LogP contribution is -2.31. The minimum Gasteiger partial charge on any atom is -0.328 e. The molecular weight excluding hydrogens is 434 g/mol. The number of halogens is 1. The molecule has 0 saturated carbocycles. The molecule has 0 bridgehead atoms. The van der Waals surface area contributed by atoms with E-state index in [1.54, 1.807) is 4.68 Å². The summed E-state index contributed by atoms with van der Waals surface area (Å²) in [6.07, 6.45) is 0. The second kappa shape index (κ2) is 8.56. The lowest BCUT2D eigenvalue weighted by Gasteiger charge is -2.28. The van der Waals surface area contributed by atoms with Crippen molar-refractivity contribution in [3.8, 4) is 11.4 Å². The van der Waals surface area contributed by atoms with Crippen molar-refractivity contribution in [1.82, 2.24) is 14.8 Å². The zero-order valence-electron chi connectivity index (χ0n) is 18.2. The fourth-order valence-electron chi connectivity index (χ4n) is 4.06. The molecule has 1 aliphatic heterocycles. The predicted octanol–water partition coefficient (Wildman–Crippen LogP) is 5.83. The van der Waals surface area contributed by atoms with Crippen molar-refractivity contribution in [2.45, 2.75) is 19.9 Å². The highest BCUT2D eigenvalue weighted by atomic mass is 35.5. The van der Waals surface area contributed by atoms with E-state index in [-0.39, 0.29) is 5.91 Å². The molecule has 2 N–H and O–H groups in total. The number of allylic oxidation sites excluding steroid dienone is 1. The first-order chi connectivity index (χ1) is 16.0.